The molecule has 0 aliphatic carbocycles. The smallest absolute Gasteiger partial charge is 0.238 e. The minimum absolute atomic E-state index is 0.0339. The summed E-state index contributed by atoms with van der Waals surface area (Å²) in [5.74, 6) is 0.0339. The van der Waals surface area contributed by atoms with E-state index in [1.54, 1.807) is 0 Å². The molecule has 1 aromatic carbocycles. The number of piperidine rings is 1. The minimum atomic E-state index is 0.0339. The third-order valence-corrected chi connectivity index (χ3v) is 5.04. The Morgan fingerprint density at radius 2 is 2.00 bits per heavy atom. The van der Waals surface area contributed by atoms with Crippen LogP contribution in [0.25, 0.3) is 0 Å². The monoisotopic (exact) mass is 351 g/mol. The lowest BCUT2D eigenvalue weighted by atomic mass is 9.99. The number of carbonyl (C=O) groups excluding carboxylic acids is 1. The van der Waals surface area contributed by atoms with E-state index in [-0.39, 0.29) is 5.91 Å². The van der Waals surface area contributed by atoms with Gasteiger partial charge in [0.15, 0.2) is 0 Å². The van der Waals surface area contributed by atoms with Gasteiger partial charge in [-0.05, 0) is 50.1 Å². The summed E-state index contributed by atoms with van der Waals surface area (Å²) in [6.45, 7) is 2.80. The Morgan fingerprint density at radius 3 is 2.81 bits per heavy atom. The maximum atomic E-state index is 12.0. The Labute approximate surface area is 134 Å². The lowest BCUT2D eigenvalue weighted by molar-refractivity contribution is -0.115. The quantitative estimate of drug-likeness (QED) is 0.876. The van der Waals surface area contributed by atoms with Crippen molar-refractivity contribution >= 4 is 27.5 Å². The lowest BCUT2D eigenvalue weighted by Gasteiger charge is -2.32. The average molecular weight is 352 g/mol. The first-order valence-electron chi connectivity index (χ1n) is 7.75. The zero-order valence-electron chi connectivity index (χ0n) is 12.1. The normalized spacial score (nSPS) is 25.6. The number of halogens is 1. The Balaban J connectivity index is 1.46. The van der Waals surface area contributed by atoms with Gasteiger partial charge >= 0.3 is 0 Å². The molecule has 2 N–H and O–H groups in total. The van der Waals surface area contributed by atoms with Crippen LogP contribution in [0.2, 0.25) is 0 Å². The third-order valence-electron chi connectivity index (χ3n) is 4.51. The Kier molecular flexibility index (Phi) is 4.93. The summed E-state index contributed by atoms with van der Waals surface area (Å²) >= 11 is 3.39. The molecule has 2 saturated heterocycles. The molecule has 2 aliphatic heterocycles. The molecule has 2 aliphatic rings. The van der Waals surface area contributed by atoms with Crippen LogP contribution in [0.1, 0.15) is 25.7 Å². The number of nitrogens with one attached hydrogen (secondary N) is 2. The first kappa shape index (κ1) is 15.0. The molecular formula is C16H22BrN3O. The first-order valence-corrected chi connectivity index (χ1v) is 8.54. The predicted octanol–water partition coefficient (Wildman–Crippen LogP) is 2.60. The van der Waals surface area contributed by atoms with Crippen LogP contribution >= 0.6 is 15.9 Å². The van der Waals surface area contributed by atoms with Gasteiger partial charge in [0.25, 0.3) is 0 Å². The van der Waals surface area contributed by atoms with Gasteiger partial charge in [-0.1, -0.05) is 22.4 Å². The number of carbonyl (C=O) groups is 1. The standard InChI is InChI=1S/C16H22BrN3O/c17-12-4-6-13(7-5-12)19-16(21)11-18-14-8-10-20-9-2-1-3-15(14)20/h4-7,14-15,18H,1-3,8-11H2,(H,19,21). The van der Waals surface area contributed by atoms with E-state index in [0.29, 0.717) is 18.6 Å². The number of hydrogen-bond donors (Lipinski definition) is 2. The fourth-order valence-electron chi connectivity index (χ4n) is 3.45. The number of amides is 1. The molecule has 5 heteroatoms. The van der Waals surface area contributed by atoms with E-state index >= 15 is 0 Å². The number of hydrogen-bond acceptors (Lipinski definition) is 3. The van der Waals surface area contributed by atoms with Crippen molar-refractivity contribution in [3.05, 3.63) is 28.7 Å². The largest absolute Gasteiger partial charge is 0.325 e. The summed E-state index contributed by atoms with van der Waals surface area (Å²) in [4.78, 5) is 14.6. The Bertz CT molecular complexity index is 491. The van der Waals surface area contributed by atoms with Crippen LogP contribution in [0.15, 0.2) is 28.7 Å². The molecule has 4 nitrogen and oxygen atoms in total. The number of rotatable bonds is 4. The van der Waals surface area contributed by atoms with Gasteiger partial charge in [-0.3, -0.25) is 9.69 Å². The van der Waals surface area contributed by atoms with Crippen molar-refractivity contribution in [1.29, 1.82) is 0 Å². The fourth-order valence-corrected chi connectivity index (χ4v) is 3.71. The van der Waals surface area contributed by atoms with E-state index in [4.69, 9.17) is 0 Å². The van der Waals surface area contributed by atoms with E-state index in [1.165, 1.54) is 32.4 Å². The summed E-state index contributed by atoms with van der Waals surface area (Å²) in [6.07, 6.45) is 5.08. The van der Waals surface area contributed by atoms with Gasteiger partial charge in [0.2, 0.25) is 5.91 Å². The minimum Gasteiger partial charge on any atom is -0.325 e. The molecule has 0 radical (unpaired) electrons. The van der Waals surface area contributed by atoms with E-state index in [2.05, 4.69) is 31.5 Å². The van der Waals surface area contributed by atoms with E-state index in [1.807, 2.05) is 24.3 Å². The van der Waals surface area contributed by atoms with Gasteiger partial charge in [-0.25, -0.2) is 0 Å². The second kappa shape index (κ2) is 6.90. The summed E-state index contributed by atoms with van der Waals surface area (Å²) < 4.78 is 1.02. The van der Waals surface area contributed by atoms with Gasteiger partial charge in [0, 0.05) is 28.8 Å². The van der Waals surface area contributed by atoms with Crippen LogP contribution in [-0.4, -0.2) is 42.5 Å². The van der Waals surface area contributed by atoms with Crippen molar-refractivity contribution in [1.82, 2.24) is 10.2 Å². The molecule has 0 saturated carbocycles. The maximum Gasteiger partial charge on any atom is 0.238 e. The molecule has 21 heavy (non-hydrogen) atoms. The molecule has 2 heterocycles. The van der Waals surface area contributed by atoms with Gasteiger partial charge in [0.1, 0.15) is 0 Å². The summed E-state index contributed by atoms with van der Waals surface area (Å²) in [5, 5.41) is 6.38. The van der Waals surface area contributed by atoms with Crippen LogP contribution in [-0.2, 0) is 4.79 Å². The van der Waals surface area contributed by atoms with Crippen molar-refractivity contribution in [2.45, 2.75) is 37.8 Å². The highest BCUT2D eigenvalue weighted by molar-refractivity contribution is 9.10. The molecule has 0 bridgehead atoms. The number of nitrogens with zero attached hydrogens (tertiary/aromatic N) is 1. The Hall–Kier alpha value is -0.910. The van der Waals surface area contributed by atoms with Crippen molar-refractivity contribution in [3.8, 4) is 0 Å². The predicted molar refractivity (Wildman–Crippen MR) is 88.4 cm³/mol. The zero-order chi connectivity index (χ0) is 14.7. The second-order valence-electron chi connectivity index (χ2n) is 5.93. The van der Waals surface area contributed by atoms with Crippen LogP contribution in [0.3, 0.4) is 0 Å². The molecule has 0 spiro atoms. The highest BCUT2D eigenvalue weighted by atomic mass is 79.9. The molecule has 1 amide bonds. The van der Waals surface area contributed by atoms with Crippen molar-refractivity contribution in [2.24, 2.45) is 0 Å². The number of benzene rings is 1. The van der Waals surface area contributed by atoms with Gasteiger partial charge in [-0.2, -0.15) is 0 Å². The molecule has 2 unspecified atom stereocenters. The topological polar surface area (TPSA) is 44.4 Å². The van der Waals surface area contributed by atoms with Crippen LogP contribution in [0, 0.1) is 0 Å². The van der Waals surface area contributed by atoms with Crippen molar-refractivity contribution < 1.29 is 4.79 Å². The third kappa shape index (κ3) is 3.84. The van der Waals surface area contributed by atoms with E-state index in [0.717, 1.165) is 16.6 Å². The molecule has 2 atom stereocenters. The Morgan fingerprint density at radius 1 is 1.19 bits per heavy atom. The summed E-state index contributed by atoms with van der Waals surface area (Å²) in [6, 6.07) is 8.78. The molecule has 1 aromatic rings. The van der Waals surface area contributed by atoms with Crippen LogP contribution < -0.4 is 10.6 Å². The molecule has 114 valence electrons. The number of fused-ring (bicyclic) bond motifs is 1. The molecular weight excluding hydrogens is 330 g/mol. The number of anilines is 1. The zero-order valence-corrected chi connectivity index (χ0v) is 13.7. The van der Waals surface area contributed by atoms with E-state index < -0.39 is 0 Å². The lowest BCUT2D eigenvalue weighted by Crippen LogP contribution is -2.46. The highest BCUT2D eigenvalue weighted by Gasteiger charge is 2.35. The van der Waals surface area contributed by atoms with Gasteiger partial charge in [-0.15, -0.1) is 0 Å². The molecule has 2 fully saturated rings. The van der Waals surface area contributed by atoms with Crippen molar-refractivity contribution in [2.75, 3.05) is 25.0 Å². The van der Waals surface area contributed by atoms with E-state index in [9.17, 15) is 4.79 Å². The summed E-state index contributed by atoms with van der Waals surface area (Å²) in [7, 11) is 0. The average Bonchev–Trinajstić information content (AvgIpc) is 2.91. The summed E-state index contributed by atoms with van der Waals surface area (Å²) in [5.41, 5.74) is 0.843. The first-order chi connectivity index (χ1) is 10.2. The van der Waals surface area contributed by atoms with Crippen LogP contribution in [0.5, 0.6) is 0 Å². The maximum absolute atomic E-state index is 12.0. The molecule has 3 rings (SSSR count). The van der Waals surface area contributed by atoms with Crippen molar-refractivity contribution in [3.63, 3.8) is 0 Å². The van der Waals surface area contributed by atoms with Gasteiger partial charge in [0.05, 0.1) is 6.54 Å². The van der Waals surface area contributed by atoms with Crippen LogP contribution in [0.4, 0.5) is 5.69 Å². The van der Waals surface area contributed by atoms with Gasteiger partial charge < -0.3 is 10.6 Å². The highest BCUT2D eigenvalue weighted by Crippen LogP contribution is 2.26. The molecule has 0 aromatic heterocycles. The SMILES string of the molecule is O=C(CNC1CCN2CCCCC12)Nc1ccc(Br)cc1. The fraction of sp³-hybridized carbons (Fsp3) is 0.562. The second-order valence-corrected chi connectivity index (χ2v) is 6.85.